The van der Waals surface area contributed by atoms with Crippen LogP contribution >= 0.6 is 0 Å². The summed E-state index contributed by atoms with van der Waals surface area (Å²) >= 11 is 0. The van der Waals surface area contributed by atoms with E-state index >= 15 is 0 Å². The van der Waals surface area contributed by atoms with Gasteiger partial charge in [0, 0.05) is 12.1 Å². The molecule has 0 spiro atoms. The van der Waals surface area contributed by atoms with E-state index in [4.69, 9.17) is 5.73 Å². The first kappa shape index (κ1) is 16.5. The molecule has 20 heavy (non-hydrogen) atoms. The van der Waals surface area contributed by atoms with Crippen LogP contribution in [0.15, 0.2) is 12.1 Å². The van der Waals surface area contributed by atoms with Crippen LogP contribution in [-0.2, 0) is 0 Å². The number of amides is 1. The molecule has 0 aliphatic carbocycles. The van der Waals surface area contributed by atoms with Gasteiger partial charge in [0.25, 0.3) is 5.91 Å². The van der Waals surface area contributed by atoms with Crippen LogP contribution in [0.3, 0.4) is 0 Å². The molecular weight excluding hydrogens is 269 g/mol. The van der Waals surface area contributed by atoms with Crippen molar-refractivity contribution in [3.05, 3.63) is 35.1 Å². The minimum Gasteiger partial charge on any atom is -0.351 e. The molecule has 0 heterocycles. The van der Waals surface area contributed by atoms with E-state index in [0.717, 1.165) is 12.8 Å². The molecular formula is C14H19F3N2O. The zero-order valence-corrected chi connectivity index (χ0v) is 11.6. The lowest BCUT2D eigenvalue weighted by Crippen LogP contribution is -2.34. The number of halogens is 3. The first-order valence-electron chi connectivity index (χ1n) is 6.39. The van der Waals surface area contributed by atoms with Gasteiger partial charge in [-0.05, 0) is 36.9 Å². The van der Waals surface area contributed by atoms with E-state index in [0.29, 0.717) is 25.2 Å². The lowest BCUT2D eigenvalue weighted by molar-refractivity contribution is 0.0933. The van der Waals surface area contributed by atoms with Crippen LogP contribution in [0, 0.1) is 22.9 Å². The van der Waals surface area contributed by atoms with Crippen molar-refractivity contribution in [2.24, 2.45) is 11.1 Å². The molecule has 112 valence electrons. The van der Waals surface area contributed by atoms with Crippen molar-refractivity contribution in [3.63, 3.8) is 0 Å². The molecule has 0 radical (unpaired) electrons. The zero-order chi connectivity index (χ0) is 15.3. The average molecular weight is 288 g/mol. The molecule has 1 rings (SSSR count). The summed E-state index contributed by atoms with van der Waals surface area (Å²) in [5.41, 5.74) is 5.01. The number of rotatable bonds is 6. The highest BCUT2D eigenvalue weighted by molar-refractivity contribution is 5.94. The molecule has 0 fully saturated rings. The number of benzene rings is 1. The Morgan fingerprint density at radius 3 is 2.30 bits per heavy atom. The summed E-state index contributed by atoms with van der Waals surface area (Å²) in [6, 6.07) is 1.36. The number of nitrogens with one attached hydrogen (secondary N) is 1. The maximum atomic E-state index is 13.0. The average Bonchev–Trinajstić information content (AvgIpc) is 2.39. The third-order valence-electron chi connectivity index (χ3n) is 3.03. The predicted molar refractivity (Wildman–Crippen MR) is 70.7 cm³/mol. The summed E-state index contributed by atoms with van der Waals surface area (Å²) in [7, 11) is 0. The van der Waals surface area contributed by atoms with Gasteiger partial charge in [0.1, 0.15) is 0 Å². The summed E-state index contributed by atoms with van der Waals surface area (Å²) < 4.78 is 38.9. The molecule has 3 N–H and O–H groups in total. The van der Waals surface area contributed by atoms with Gasteiger partial charge in [-0.1, -0.05) is 13.8 Å². The Morgan fingerprint density at radius 2 is 1.80 bits per heavy atom. The van der Waals surface area contributed by atoms with Gasteiger partial charge in [-0.3, -0.25) is 4.79 Å². The van der Waals surface area contributed by atoms with E-state index in [2.05, 4.69) is 5.32 Å². The van der Waals surface area contributed by atoms with Gasteiger partial charge in [0.05, 0.1) is 0 Å². The molecule has 6 heteroatoms. The molecule has 0 unspecified atom stereocenters. The highest BCUT2D eigenvalue weighted by Crippen LogP contribution is 2.21. The Kier molecular flexibility index (Phi) is 5.56. The first-order valence-corrected chi connectivity index (χ1v) is 6.39. The second kappa shape index (κ2) is 6.74. The van der Waals surface area contributed by atoms with E-state index in [9.17, 15) is 18.0 Å². The van der Waals surface area contributed by atoms with Crippen molar-refractivity contribution < 1.29 is 18.0 Å². The van der Waals surface area contributed by atoms with Crippen LogP contribution in [0.4, 0.5) is 13.2 Å². The maximum Gasteiger partial charge on any atom is 0.251 e. The van der Waals surface area contributed by atoms with Crippen molar-refractivity contribution in [2.45, 2.75) is 26.7 Å². The van der Waals surface area contributed by atoms with Crippen molar-refractivity contribution >= 4 is 5.91 Å². The first-order chi connectivity index (χ1) is 9.26. The maximum absolute atomic E-state index is 13.0. The molecule has 0 saturated carbocycles. The molecule has 0 saturated heterocycles. The van der Waals surface area contributed by atoms with E-state index < -0.39 is 23.4 Å². The monoisotopic (exact) mass is 288 g/mol. The molecule has 1 aromatic rings. The van der Waals surface area contributed by atoms with Gasteiger partial charge < -0.3 is 11.1 Å². The van der Waals surface area contributed by atoms with Gasteiger partial charge in [0.15, 0.2) is 17.5 Å². The van der Waals surface area contributed by atoms with Crippen molar-refractivity contribution in [1.82, 2.24) is 5.32 Å². The van der Waals surface area contributed by atoms with E-state index in [1.165, 1.54) is 0 Å². The second-order valence-corrected chi connectivity index (χ2v) is 5.49. The lowest BCUT2D eigenvalue weighted by atomic mass is 9.87. The quantitative estimate of drug-likeness (QED) is 0.791. The molecule has 0 aromatic heterocycles. The van der Waals surface area contributed by atoms with Crippen molar-refractivity contribution in [3.8, 4) is 0 Å². The summed E-state index contributed by atoms with van der Waals surface area (Å²) in [4.78, 5) is 11.8. The Hall–Kier alpha value is -1.56. The minimum absolute atomic E-state index is 0.174. The largest absolute Gasteiger partial charge is 0.351 e. The number of carbonyl (C=O) groups excluding carboxylic acids is 1. The van der Waals surface area contributed by atoms with Crippen LogP contribution in [-0.4, -0.2) is 19.0 Å². The SMILES string of the molecule is CC(C)(CCCN)CNC(=O)c1cc(F)c(F)c(F)c1. The van der Waals surface area contributed by atoms with E-state index in [1.807, 2.05) is 13.8 Å². The number of carbonyl (C=O) groups is 1. The van der Waals surface area contributed by atoms with Crippen LogP contribution in [0.1, 0.15) is 37.0 Å². The van der Waals surface area contributed by atoms with Gasteiger partial charge >= 0.3 is 0 Å². The summed E-state index contributed by atoms with van der Waals surface area (Å²) in [6.07, 6.45) is 1.64. The van der Waals surface area contributed by atoms with Gasteiger partial charge in [-0.25, -0.2) is 13.2 Å². The Bertz CT molecular complexity index is 466. The van der Waals surface area contributed by atoms with Crippen LogP contribution in [0.5, 0.6) is 0 Å². The third kappa shape index (κ3) is 4.52. The van der Waals surface area contributed by atoms with Gasteiger partial charge in [-0.15, -0.1) is 0 Å². The minimum atomic E-state index is -1.58. The van der Waals surface area contributed by atoms with Crippen molar-refractivity contribution in [1.29, 1.82) is 0 Å². The Morgan fingerprint density at radius 1 is 1.25 bits per heavy atom. The van der Waals surface area contributed by atoms with E-state index in [1.54, 1.807) is 0 Å². The number of nitrogens with two attached hydrogens (primary N) is 1. The van der Waals surface area contributed by atoms with Crippen LogP contribution in [0.2, 0.25) is 0 Å². The molecule has 0 aliphatic heterocycles. The smallest absolute Gasteiger partial charge is 0.251 e. The summed E-state index contributed by atoms with van der Waals surface area (Å²) in [5.74, 6) is -4.97. The highest BCUT2D eigenvalue weighted by Gasteiger charge is 2.20. The number of hydrogen-bond donors (Lipinski definition) is 2. The fraction of sp³-hybridized carbons (Fsp3) is 0.500. The fourth-order valence-electron chi connectivity index (χ4n) is 1.78. The third-order valence-corrected chi connectivity index (χ3v) is 3.03. The molecule has 0 atom stereocenters. The molecule has 3 nitrogen and oxygen atoms in total. The fourth-order valence-corrected chi connectivity index (χ4v) is 1.78. The topological polar surface area (TPSA) is 55.1 Å². The van der Waals surface area contributed by atoms with Gasteiger partial charge in [0.2, 0.25) is 0 Å². The number of hydrogen-bond acceptors (Lipinski definition) is 2. The summed E-state index contributed by atoms with van der Waals surface area (Å²) in [6.45, 7) is 4.81. The van der Waals surface area contributed by atoms with E-state index in [-0.39, 0.29) is 11.0 Å². The highest BCUT2D eigenvalue weighted by atomic mass is 19.2. The van der Waals surface area contributed by atoms with Crippen LogP contribution < -0.4 is 11.1 Å². The lowest BCUT2D eigenvalue weighted by Gasteiger charge is -2.24. The molecule has 1 aromatic carbocycles. The summed E-state index contributed by atoms with van der Waals surface area (Å²) in [5, 5.41) is 2.59. The second-order valence-electron chi connectivity index (χ2n) is 5.49. The van der Waals surface area contributed by atoms with Crippen LogP contribution in [0.25, 0.3) is 0 Å². The normalized spacial score (nSPS) is 11.5. The van der Waals surface area contributed by atoms with Gasteiger partial charge in [-0.2, -0.15) is 0 Å². The Balaban J connectivity index is 2.68. The predicted octanol–water partition coefficient (Wildman–Crippen LogP) is 2.60. The standard InChI is InChI=1S/C14H19F3N2O/c1-14(2,4-3-5-18)8-19-13(20)9-6-10(15)12(17)11(16)7-9/h6-7H,3-5,8,18H2,1-2H3,(H,19,20). The zero-order valence-electron chi connectivity index (χ0n) is 11.6. The Labute approximate surface area is 116 Å². The van der Waals surface area contributed by atoms with Crippen molar-refractivity contribution in [2.75, 3.05) is 13.1 Å². The molecule has 0 bridgehead atoms. The molecule has 1 amide bonds. The molecule has 0 aliphatic rings.